The van der Waals surface area contributed by atoms with Gasteiger partial charge in [0.2, 0.25) is 5.56 Å². The summed E-state index contributed by atoms with van der Waals surface area (Å²) in [4.78, 5) is 37.1. The lowest BCUT2D eigenvalue weighted by Crippen LogP contribution is -2.46. The van der Waals surface area contributed by atoms with Crippen molar-refractivity contribution < 1.29 is 14.3 Å². The van der Waals surface area contributed by atoms with Crippen molar-refractivity contribution in [1.82, 2.24) is 10.3 Å². The van der Waals surface area contributed by atoms with Gasteiger partial charge >= 0.3 is 5.97 Å². The van der Waals surface area contributed by atoms with Crippen LogP contribution in [-0.2, 0) is 9.53 Å². The Morgan fingerprint density at radius 3 is 2.63 bits per heavy atom. The Hall–Kier alpha value is -2.11. The molecule has 0 fully saturated rings. The average Bonchev–Trinajstić information content (AvgIpc) is 2.42. The molecule has 0 aliphatic rings. The van der Waals surface area contributed by atoms with Crippen LogP contribution in [0.5, 0.6) is 0 Å². The Labute approximate surface area is 111 Å². The van der Waals surface area contributed by atoms with E-state index in [0.717, 1.165) is 0 Å². The third-order valence-corrected chi connectivity index (χ3v) is 2.97. The maximum absolute atomic E-state index is 12.0. The van der Waals surface area contributed by atoms with Gasteiger partial charge in [0.05, 0.1) is 7.11 Å². The van der Waals surface area contributed by atoms with E-state index in [1.165, 1.54) is 25.3 Å². The molecule has 19 heavy (non-hydrogen) atoms. The highest BCUT2D eigenvalue weighted by molar-refractivity contribution is 5.95. The summed E-state index contributed by atoms with van der Waals surface area (Å²) in [5.74, 6) is -1.07. The van der Waals surface area contributed by atoms with Crippen molar-refractivity contribution in [2.24, 2.45) is 5.92 Å². The number of rotatable bonds is 5. The van der Waals surface area contributed by atoms with E-state index in [9.17, 15) is 14.4 Å². The third kappa shape index (κ3) is 3.94. The largest absolute Gasteiger partial charge is 0.467 e. The van der Waals surface area contributed by atoms with Gasteiger partial charge in [-0.2, -0.15) is 0 Å². The monoisotopic (exact) mass is 266 g/mol. The number of aromatic amines is 1. The SMILES string of the molecule is CCC(C)C(NC(=O)c1cccc(=O)[nH]1)C(=O)OC. The van der Waals surface area contributed by atoms with Gasteiger partial charge < -0.3 is 15.0 Å². The molecule has 104 valence electrons. The zero-order valence-corrected chi connectivity index (χ0v) is 11.2. The van der Waals surface area contributed by atoms with Gasteiger partial charge in [0.1, 0.15) is 11.7 Å². The van der Waals surface area contributed by atoms with Crippen molar-refractivity contribution in [2.75, 3.05) is 7.11 Å². The lowest BCUT2D eigenvalue weighted by molar-refractivity contribution is -0.144. The van der Waals surface area contributed by atoms with E-state index in [0.29, 0.717) is 6.42 Å². The Morgan fingerprint density at radius 2 is 2.11 bits per heavy atom. The molecule has 6 nitrogen and oxygen atoms in total. The molecule has 1 aromatic heterocycles. The number of aromatic nitrogens is 1. The summed E-state index contributed by atoms with van der Waals surface area (Å²) in [7, 11) is 1.27. The molecule has 0 radical (unpaired) electrons. The van der Waals surface area contributed by atoms with E-state index < -0.39 is 17.9 Å². The van der Waals surface area contributed by atoms with Crippen LogP contribution in [0.3, 0.4) is 0 Å². The predicted molar refractivity (Wildman–Crippen MR) is 69.8 cm³/mol. The highest BCUT2D eigenvalue weighted by Crippen LogP contribution is 2.09. The minimum atomic E-state index is -0.730. The molecule has 2 atom stereocenters. The van der Waals surface area contributed by atoms with E-state index in [1.54, 1.807) is 0 Å². The fourth-order valence-electron chi connectivity index (χ4n) is 1.60. The van der Waals surface area contributed by atoms with Gasteiger partial charge in [-0.1, -0.05) is 26.3 Å². The number of hydrogen-bond donors (Lipinski definition) is 2. The Balaban J connectivity index is 2.87. The zero-order valence-electron chi connectivity index (χ0n) is 11.2. The van der Waals surface area contributed by atoms with Crippen LogP contribution in [0.1, 0.15) is 30.8 Å². The van der Waals surface area contributed by atoms with Crippen molar-refractivity contribution in [3.05, 3.63) is 34.2 Å². The number of carbonyl (C=O) groups excluding carboxylic acids is 2. The van der Waals surface area contributed by atoms with Gasteiger partial charge in [-0.25, -0.2) is 4.79 Å². The van der Waals surface area contributed by atoms with Gasteiger partial charge in [0.15, 0.2) is 0 Å². The smallest absolute Gasteiger partial charge is 0.328 e. The van der Waals surface area contributed by atoms with E-state index >= 15 is 0 Å². The third-order valence-electron chi connectivity index (χ3n) is 2.97. The van der Waals surface area contributed by atoms with Gasteiger partial charge in [0, 0.05) is 6.07 Å². The first-order valence-corrected chi connectivity index (χ1v) is 6.07. The van der Waals surface area contributed by atoms with Gasteiger partial charge in [-0.3, -0.25) is 9.59 Å². The zero-order chi connectivity index (χ0) is 14.4. The van der Waals surface area contributed by atoms with E-state index in [2.05, 4.69) is 15.0 Å². The summed E-state index contributed by atoms with van der Waals surface area (Å²) in [6, 6.07) is 3.53. The van der Waals surface area contributed by atoms with Crippen molar-refractivity contribution in [3.63, 3.8) is 0 Å². The minimum Gasteiger partial charge on any atom is -0.467 e. The molecule has 2 N–H and O–H groups in total. The van der Waals surface area contributed by atoms with Crippen molar-refractivity contribution in [3.8, 4) is 0 Å². The normalized spacial score (nSPS) is 13.4. The molecule has 0 aliphatic heterocycles. The average molecular weight is 266 g/mol. The first kappa shape index (κ1) is 14.9. The number of amides is 1. The number of esters is 1. The molecule has 6 heteroatoms. The standard InChI is InChI=1S/C13H18N2O4/c1-4-8(2)11(13(18)19-3)15-12(17)9-6-5-7-10(16)14-9/h5-8,11H,4H2,1-3H3,(H,14,16)(H,15,17). The second-order valence-corrected chi connectivity index (χ2v) is 4.29. The highest BCUT2D eigenvalue weighted by atomic mass is 16.5. The highest BCUT2D eigenvalue weighted by Gasteiger charge is 2.27. The lowest BCUT2D eigenvalue weighted by atomic mass is 9.99. The van der Waals surface area contributed by atoms with Crippen LogP contribution in [0.4, 0.5) is 0 Å². The summed E-state index contributed by atoms with van der Waals surface area (Å²) in [6.45, 7) is 3.76. The molecule has 1 amide bonds. The Kier molecular flexibility index (Phi) is 5.29. The van der Waals surface area contributed by atoms with Crippen molar-refractivity contribution >= 4 is 11.9 Å². The number of carbonyl (C=O) groups is 2. The summed E-state index contributed by atoms with van der Waals surface area (Å²) in [6.07, 6.45) is 0.714. The van der Waals surface area contributed by atoms with Crippen LogP contribution >= 0.6 is 0 Å². The summed E-state index contributed by atoms with van der Waals surface area (Å²) >= 11 is 0. The van der Waals surface area contributed by atoms with Gasteiger partial charge in [-0.05, 0) is 12.0 Å². The first-order chi connectivity index (χ1) is 8.99. The van der Waals surface area contributed by atoms with Crippen molar-refractivity contribution in [1.29, 1.82) is 0 Å². The maximum atomic E-state index is 12.0. The van der Waals surface area contributed by atoms with Crippen LogP contribution in [0, 0.1) is 5.92 Å². The molecule has 0 aliphatic carbocycles. The topological polar surface area (TPSA) is 88.3 Å². The number of hydrogen-bond acceptors (Lipinski definition) is 4. The number of H-pyrrole nitrogens is 1. The second-order valence-electron chi connectivity index (χ2n) is 4.29. The van der Waals surface area contributed by atoms with Crippen LogP contribution < -0.4 is 10.9 Å². The van der Waals surface area contributed by atoms with Crippen LogP contribution in [0.2, 0.25) is 0 Å². The Bertz CT molecular complexity index is 509. The van der Waals surface area contributed by atoms with Crippen molar-refractivity contribution in [2.45, 2.75) is 26.3 Å². The molecule has 0 bridgehead atoms. The predicted octanol–water partition coefficient (Wildman–Crippen LogP) is 0.692. The minimum absolute atomic E-state index is 0.0631. The number of methoxy groups -OCH3 is 1. The quantitative estimate of drug-likeness (QED) is 0.767. The number of pyridine rings is 1. The molecule has 1 heterocycles. The maximum Gasteiger partial charge on any atom is 0.328 e. The first-order valence-electron chi connectivity index (χ1n) is 6.07. The molecule has 0 spiro atoms. The summed E-state index contributed by atoms with van der Waals surface area (Å²) < 4.78 is 4.67. The molecule has 0 aromatic carbocycles. The van der Waals surface area contributed by atoms with E-state index in [4.69, 9.17) is 0 Å². The van der Waals surface area contributed by atoms with Gasteiger partial charge in [0.25, 0.3) is 5.91 Å². The molecule has 0 saturated carbocycles. The number of nitrogens with one attached hydrogen (secondary N) is 2. The molecule has 1 aromatic rings. The second kappa shape index (κ2) is 6.72. The fourth-order valence-corrected chi connectivity index (χ4v) is 1.60. The molecular formula is C13H18N2O4. The number of ether oxygens (including phenoxy) is 1. The summed E-state index contributed by atoms with van der Waals surface area (Å²) in [5.41, 5.74) is -0.254. The molecule has 0 saturated heterocycles. The molecular weight excluding hydrogens is 248 g/mol. The van der Waals surface area contributed by atoms with Crippen LogP contribution in [-0.4, -0.2) is 30.0 Å². The van der Waals surface area contributed by atoms with Gasteiger partial charge in [-0.15, -0.1) is 0 Å². The lowest BCUT2D eigenvalue weighted by Gasteiger charge is -2.21. The van der Waals surface area contributed by atoms with Crippen LogP contribution in [0.15, 0.2) is 23.0 Å². The van der Waals surface area contributed by atoms with Crippen LogP contribution in [0.25, 0.3) is 0 Å². The summed E-state index contributed by atoms with van der Waals surface area (Å²) in [5, 5.41) is 2.58. The Morgan fingerprint density at radius 1 is 1.42 bits per heavy atom. The van der Waals surface area contributed by atoms with E-state index in [1.807, 2.05) is 13.8 Å². The van der Waals surface area contributed by atoms with E-state index in [-0.39, 0.29) is 17.2 Å². The fraction of sp³-hybridized carbons (Fsp3) is 0.462. The molecule has 1 rings (SSSR count). The molecule has 2 unspecified atom stereocenters.